The number of hydrogen-bond acceptors (Lipinski definition) is 6. The molecular formula is C18H13BrN4O4S. The number of nitro benzene ring substituents is 1. The summed E-state index contributed by atoms with van der Waals surface area (Å²) in [7, 11) is 0. The maximum absolute atomic E-state index is 12.0. The van der Waals surface area contributed by atoms with E-state index in [0.29, 0.717) is 5.69 Å². The number of nitrogens with one attached hydrogen (secondary N) is 2. The van der Waals surface area contributed by atoms with Crippen LogP contribution in [0.1, 0.15) is 16.1 Å². The zero-order chi connectivity index (χ0) is 20.1. The molecule has 3 aromatic rings. The second-order valence-electron chi connectivity index (χ2n) is 5.64. The van der Waals surface area contributed by atoms with Gasteiger partial charge in [0.1, 0.15) is 5.01 Å². The molecule has 2 amide bonds. The number of aromatic nitrogens is 1. The molecule has 0 atom stereocenters. The molecule has 0 saturated carbocycles. The highest BCUT2D eigenvalue weighted by Gasteiger charge is 2.13. The monoisotopic (exact) mass is 460 g/mol. The van der Waals surface area contributed by atoms with E-state index in [1.165, 1.54) is 29.5 Å². The lowest BCUT2D eigenvalue weighted by Crippen LogP contribution is -2.42. The normalized spacial score (nSPS) is 10.3. The van der Waals surface area contributed by atoms with Crippen LogP contribution in [0.15, 0.2) is 58.4 Å². The fraction of sp³-hybridized carbons (Fsp3) is 0.0556. The number of nitro groups is 1. The Morgan fingerprint density at radius 1 is 1.14 bits per heavy atom. The third-order valence-electron chi connectivity index (χ3n) is 3.60. The number of carbonyl (C=O) groups excluding carboxylic acids is 2. The number of hydrogen-bond donors (Lipinski definition) is 2. The summed E-state index contributed by atoms with van der Waals surface area (Å²) in [4.78, 5) is 38.7. The molecule has 0 saturated heterocycles. The molecule has 142 valence electrons. The van der Waals surface area contributed by atoms with E-state index in [4.69, 9.17) is 0 Å². The van der Waals surface area contributed by atoms with Crippen molar-refractivity contribution >= 4 is 44.8 Å². The molecule has 8 nitrogen and oxygen atoms in total. The molecular weight excluding hydrogens is 448 g/mol. The Hall–Kier alpha value is -3.11. The van der Waals surface area contributed by atoms with Crippen LogP contribution in [0.2, 0.25) is 0 Å². The van der Waals surface area contributed by atoms with Gasteiger partial charge in [0, 0.05) is 33.1 Å². The Morgan fingerprint density at radius 3 is 2.68 bits per heavy atom. The largest absolute Gasteiger partial charge is 0.273 e. The van der Waals surface area contributed by atoms with Gasteiger partial charge in [0.25, 0.3) is 11.6 Å². The summed E-state index contributed by atoms with van der Waals surface area (Å²) in [5.74, 6) is -1.10. The minimum Gasteiger partial charge on any atom is -0.273 e. The molecule has 2 aromatic carbocycles. The summed E-state index contributed by atoms with van der Waals surface area (Å²) in [6.45, 7) is 0. The van der Waals surface area contributed by atoms with Gasteiger partial charge in [-0.3, -0.25) is 30.6 Å². The predicted octanol–water partition coefficient (Wildman–Crippen LogP) is 3.48. The van der Waals surface area contributed by atoms with Crippen LogP contribution in [-0.4, -0.2) is 21.7 Å². The Balaban J connectivity index is 1.57. The molecule has 2 N–H and O–H groups in total. The van der Waals surface area contributed by atoms with Crippen LogP contribution in [0.3, 0.4) is 0 Å². The van der Waals surface area contributed by atoms with E-state index < -0.39 is 16.7 Å². The van der Waals surface area contributed by atoms with Crippen molar-refractivity contribution in [1.82, 2.24) is 15.8 Å². The smallest absolute Gasteiger partial charge is 0.270 e. The first-order valence-electron chi connectivity index (χ1n) is 7.96. The number of benzene rings is 2. The Kier molecular flexibility index (Phi) is 6.12. The topological polar surface area (TPSA) is 114 Å². The summed E-state index contributed by atoms with van der Waals surface area (Å²) in [5, 5.41) is 13.3. The van der Waals surface area contributed by atoms with Gasteiger partial charge in [0.2, 0.25) is 5.91 Å². The van der Waals surface area contributed by atoms with Gasteiger partial charge in [-0.25, -0.2) is 4.98 Å². The molecule has 1 aromatic heterocycles. The van der Waals surface area contributed by atoms with Crippen molar-refractivity contribution in [3.8, 4) is 10.6 Å². The Bertz CT molecular complexity index is 1050. The molecule has 0 bridgehead atoms. The predicted molar refractivity (Wildman–Crippen MR) is 108 cm³/mol. The minimum absolute atomic E-state index is 0.0142. The van der Waals surface area contributed by atoms with Crippen LogP contribution in [0.4, 0.5) is 5.69 Å². The number of halogens is 1. The van der Waals surface area contributed by atoms with Gasteiger partial charge in [0.15, 0.2) is 0 Å². The molecule has 0 fully saturated rings. The summed E-state index contributed by atoms with van der Waals surface area (Å²) >= 11 is 4.82. The van der Waals surface area contributed by atoms with Gasteiger partial charge < -0.3 is 0 Å². The zero-order valence-electron chi connectivity index (χ0n) is 14.2. The molecule has 0 unspecified atom stereocenters. The molecule has 1 heterocycles. The first kappa shape index (κ1) is 19.6. The van der Waals surface area contributed by atoms with Gasteiger partial charge >= 0.3 is 0 Å². The number of rotatable bonds is 5. The van der Waals surface area contributed by atoms with Gasteiger partial charge in [-0.05, 0) is 18.2 Å². The number of non-ortho nitro benzene ring substituents is 1. The van der Waals surface area contributed by atoms with E-state index in [-0.39, 0.29) is 17.7 Å². The average molecular weight is 461 g/mol. The zero-order valence-corrected chi connectivity index (χ0v) is 16.6. The van der Waals surface area contributed by atoms with Crippen molar-refractivity contribution < 1.29 is 14.5 Å². The summed E-state index contributed by atoms with van der Waals surface area (Å²) < 4.78 is 0.934. The van der Waals surface area contributed by atoms with Crippen LogP contribution in [0, 0.1) is 10.1 Å². The van der Waals surface area contributed by atoms with Crippen molar-refractivity contribution in [2.75, 3.05) is 0 Å². The van der Waals surface area contributed by atoms with Crippen LogP contribution < -0.4 is 10.9 Å². The first-order valence-corrected chi connectivity index (χ1v) is 9.63. The van der Waals surface area contributed by atoms with Gasteiger partial charge in [-0.1, -0.05) is 34.1 Å². The average Bonchev–Trinajstić information content (AvgIpc) is 3.14. The molecule has 0 radical (unpaired) electrons. The quantitative estimate of drug-likeness (QED) is 0.446. The fourth-order valence-corrected chi connectivity index (χ4v) is 3.53. The summed E-state index contributed by atoms with van der Waals surface area (Å²) in [5.41, 5.74) is 5.89. The lowest BCUT2D eigenvalue weighted by atomic mass is 10.2. The minimum atomic E-state index is -0.648. The van der Waals surface area contributed by atoms with Crippen LogP contribution in [-0.2, 0) is 11.2 Å². The standard InChI is InChI=1S/C18H13BrN4O4S/c19-13-5-1-4-12(7-13)18-20-14(10-28-18)9-16(24)21-22-17(25)11-3-2-6-15(8-11)23(26)27/h1-8,10H,9H2,(H,21,24)(H,22,25). The Morgan fingerprint density at radius 2 is 1.93 bits per heavy atom. The highest BCUT2D eigenvalue weighted by atomic mass is 79.9. The van der Waals surface area contributed by atoms with Crippen molar-refractivity contribution in [3.63, 3.8) is 0 Å². The number of thiazole rings is 1. The van der Waals surface area contributed by atoms with Crippen molar-refractivity contribution in [1.29, 1.82) is 0 Å². The van der Waals surface area contributed by atoms with E-state index >= 15 is 0 Å². The van der Waals surface area contributed by atoms with Gasteiger partial charge in [0.05, 0.1) is 17.0 Å². The van der Waals surface area contributed by atoms with Crippen molar-refractivity contribution in [3.05, 3.63) is 79.8 Å². The molecule has 0 spiro atoms. The molecule has 0 aliphatic rings. The van der Waals surface area contributed by atoms with Gasteiger partial charge in [-0.15, -0.1) is 11.3 Å². The van der Waals surface area contributed by atoms with Crippen molar-refractivity contribution in [2.45, 2.75) is 6.42 Å². The third-order valence-corrected chi connectivity index (χ3v) is 5.03. The van der Waals surface area contributed by atoms with E-state index in [0.717, 1.165) is 21.1 Å². The lowest BCUT2D eigenvalue weighted by Gasteiger charge is -2.06. The molecule has 0 aliphatic heterocycles. The Labute approximate surface area is 171 Å². The summed E-state index contributed by atoms with van der Waals surface area (Å²) in [6.07, 6.45) is -0.0142. The number of nitrogens with zero attached hydrogens (tertiary/aromatic N) is 2. The van der Waals surface area contributed by atoms with E-state index in [1.54, 1.807) is 5.38 Å². The van der Waals surface area contributed by atoms with Gasteiger partial charge in [-0.2, -0.15) is 0 Å². The highest BCUT2D eigenvalue weighted by Crippen LogP contribution is 2.26. The maximum atomic E-state index is 12.0. The first-order chi connectivity index (χ1) is 13.4. The molecule has 3 rings (SSSR count). The lowest BCUT2D eigenvalue weighted by molar-refractivity contribution is -0.384. The summed E-state index contributed by atoms with van der Waals surface area (Å²) in [6, 6.07) is 12.9. The number of carbonyl (C=O) groups is 2. The van der Waals surface area contributed by atoms with Crippen molar-refractivity contribution in [2.24, 2.45) is 0 Å². The van der Waals surface area contributed by atoms with Crippen LogP contribution in [0.25, 0.3) is 10.6 Å². The van der Waals surface area contributed by atoms with E-state index in [9.17, 15) is 19.7 Å². The SMILES string of the molecule is O=C(Cc1csc(-c2cccc(Br)c2)n1)NNC(=O)c1cccc([N+](=O)[O-])c1. The molecule has 10 heteroatoms. The van der Waals surface area contributed by atoms with Crippen LogP contribution >= 0.6 is 27.3 Å². The van der Waals surface area contributed by atoms with E-state index in [2.05, 4.69) is 31.8 Å². The third kappa shape index (κ3) is 4.99. The second kappa shape index (κ2) is 8.72. The molecule has 28 heavy (non-hydrogen) atoms. The van der Waals surface area contributed by atoms with Crippen LogP contribution in [0.5, 0.6) is 0 Å². The second-order valence-corrected chi connectivity index (χ2v) is 7.41. The number of hydrazine groups is 1. The number of amides is 2. The van der Waals surface area contributed by atoms with E-state index in [1.807, 2.05) is 24.3 Å². The maximum Gasteiger partial charge on any atom is 0.270 e. The fourth-order valence-electron chi connectivity index (χ4n) is 2.31. The highest BCUT2D eigenvalue weighted by molar-refractivity contribution is 9.10. The molecule has 0 aliphatic carbocycles.